The molecular formula is C14H19N3O4. The van der Waals surface area contributed by atoms with E-state index in [0.29, 0.717) is 24.7 Å². The smallest absolute Gasteiger partial charge is 0.284 e. The van der Waals surface area contributed by atoms with E-state index in [1.165, 1.54) is 12.3 Å². The van der Waals surface area contributed by atoms with Crippen molar-refractivity contribution in [3.8, 4) is 0 Å². The summed E-state index contributed by atoms with van der Waals surface area (Å²) in [6.07, 6.45) is 2.89. The molecule has 0 aliphatic carbocycles. The number of aliphatic hydroxyl groups excluding tert-OH is 1. The van der Waals surface area contributed by atoms with Crippen molar-refractivity contribution in [2.45, 2.75) is 25.0 Å². The Morgan fingerprint density at radius 1 is 1.29 bits per heavy atom. The molecule has 0 atom stereocenters. The van der Waals surface area contributed by atoms with E-state index in [-0.39, 0.29) is 17.8 Å². The lowest BCUT2D eigenvalue weighted by Crippen LogP contribution is -2.58. The van der Waals surface area contributed by atoms with Gasteiger partial charge in [-0.3, -0.25) is 14.5 Å². The van der Waals surface area contributed by atoms with Crippen molar-refractivity contribution in [3.63, 3.8) is 0 Å². The molecule has 7 heteroatoms. The van der Waals surface area contributed by atoms with Gasteiger partial charge in [-0.1, -0.05) is 0 Å². The molecule has 2 amide bonds. The van der Waals surface area contributed by atoms with E-state index in [4.69, 9.17) is 10.2 Å². The Morgan fingerprint density at radius 3 is 2.48 bits per heavy atom. The van der Waals surface area contributed by atoms with Gasteiger partial charge in [-0.15, -0.1) is 0 Å². The number of aliphatic hydroxyl groups is 1. The lowest BCUT2D eigenvalue weighted by molar-refractivity contribution is -0.0381. The van der Waals surface area contributed by atoms with Crippen molar-refractivity contribution in [3.05, 3.63) is 23.7 Å². The standard InChI is InChI=1S/C14H19N3O4/c15-13(19)12-5-9(8-21-12)14(20)16-3-1-10(2-4-16)17-6-11(18)7-17/h5,8,10-11,18H,1-4,6-7H2,(H2,15,19). The van der Waals surface area contributed by atoms with Gasteiger partial charge in [0.05, 0.1) is 11.7 Å². The van der Waals surface area contributed by atoms with Gasteiger partial charge in [0.15, 0.2) is 5.76 Å². The molecule has 0 saturated carbocycles. The minimum absolute atomic E-state index is 0.00260. The van der Waals surface area contributed by atoms with Crippen molar-refractivity contribution >= 4 is 11.8 Å². The summed E-state index contributed by atoms with van der Waals surface area (Å²) >= 11 is 0. The average molecular weight is 293 g/mol. The summed E-state index contributed by atoms with van der Waals surface area (Å²) in [5.41, 5.74) is 5.47. The van der Waals surface area contributed by atoms with Crippen LogP contribution in [0.2, 0.25) is 0 Å². The maximum Gasteiger partial charge on any atom is 0.284 e. The third-order valence-corrected chi connectivity index (χ3v) is 4.25. The number of hydrogen-bond acceptors (Lipinski definition) is 5. The summed E-state index contributed by atoms with van der Waals surface area (Å²) in [5, 5.41) is 9.33. The molecule has 3 heterocycles. The topological polar surface area (TPSA) is 100 Å². The maximum absolute atomic E-state index is 12.3. The van der Waals surface area contributed by atoms with E-state index in [9.17, 15) is 14.7 Å². The zero-order valence-corrected chi connectivity index (χ0v) is 11.7. The van der Waals surface area contributed by atoms with Gasteiger partial charge in [-0.2, -0.15) is 0 Å². The zero-order chi connectivity index (χ0) is 15.0. The second kappa shape index (κ2) is 5.50. The Morgan fingerprint density at radius 2 is 1.95 bits per heavy atom. The number of primary amides is 1. The summed E-state index contributed by atoms with van der Waals surface area (Å²) in [6.45, 7) is 2.82. The molecule has 1 aromatic rings. The lowest BCUT2D eigenvalue weighted by Gasteiger charge is -2.45. The zero-order valence-electron chi connectivity index (χ0n) is 11.7. The first-order chi connectivity index (χ1) is 10.0. The van der Waals surface area contributed by atoms with E-state index in [0.717, 1.165) is 25.9 Å². The van der Waals surface area contributed by atoms with Crippen molar-refractivity contribution in [1.82, 2.24) is 9.80 Å². The first-order valence-electron chi connectivity index (χ1n) is 7.14. The number of nitrogens with two attached hydrogens (primary N) is 1. The Kier molecular flexibility index (Phi) is 3.69. The van der Waals surface area contributed by atoms with Gasteiger partial charge in [-0.25, -0.2) is 0 Å². The van der Waals surface area contributed by atoms with Gasteiger partial charge in [0, 0.05) is 38.3 Å². The molecule has 2 saturated heterocycles. The molecule has 2 aliphatic rings. The molecule has 3 rings (SSSR count). The molecule has 2 aliphatic heterocycles. The van der Waals surface area contributed by atoms with Crippen LogP contribution < -0.4 is 5.73 Å². The van der Waals surface area contributed by atoms with E-state index in [1.54, 1.807) is 4.90 Å². The first kappa shape index (κ1) is 14.1. The summed E-state index contributed by atoms with van der Waals surface area (Å²) in [4.78, 5) is 27.3. The predicted octanol–water partition coefficient (Wildman–Crippen LogP) is -0.340. The highest BCUT2D eigenvalue weighted by atomic mass is 16.3. The van der Waals surface area contributed by atoms with Gasteiger partial charge < -0.3 is 20.2 Å². The van der Waals surface area contributed by atoms with Gasteiger partial charge in [0.1, 0.15) is 6.26 Å². The van der Waals surface area contributed by atoms with Gasteiger partial charge in [0.25, 0.3) is 11.8 Å². The van der Waals surface area contributed by atoms with Crippen LogP contribution in [0.15, 0.2) is 16.7 Å². The first-order valence-corrected chi connectivity index (χ1v) is 7.14. The largest absolute Gasteiger partial charge is 0.458 e. The maximum atomic E-state index is 12.3. The van der Waals surface area contributed by atoms with Crippen LogP contribution in [-0.4, -0.2) is 65.0 Å². The van der Waals surface area contributed by atoms with Crippen LogP contribution in [0.5, 0.6) is 0 Å². The Bertz CT molecular complexity index is 542. The van der Waals surface area contributed by atoms with Crippen LogP contribution in [0.4, 0.5) is 0 Å². The fourth-order valence-electron chi connectivity index (χ4n) is 2.98. The summed E-state index contributed by atoms with van der Waals surface area (Å²) < 4.78 is 4.98. The molecule has 3 N–H and O–H groups in total. The Hall–Kier alpha value is -1.86. The normalized spacial score (nSPS) is 21.3. The molecule has 2 fully saturated rings. The molecule has 0 bridgehead atoms. The third kappa shape index (κ3) is 2.79. The van der Waals surface area contributed by atoms with E-state index in [1.807, 2.05) is 0 Å². The summed E-state index contributed by atoms with van der Waals surface area (Å²) in [7, 11) is 0. The highest BCUT2D eigenvalue weighted by Gasteiger charge is 2.34. The third-order valence-electron chi connectivity index (χ3n) is 4.25. The fraction of sp³-hybridized carbons (Fsp3) is 0.571. The molecule has 21 heavy (non-hydrogen) atoms. The minimum Gasteiger partial charge on any atom is -0.458 e. The van der Waals surface area contributed by atoms with Crippen LogP contribution >= 0.6 is 0 Å². The minimum atomic E-state index is -0.677. The average Bonchev–Trinajstić information content (AvgIpc) is 2.93. The number of hydrogen-bond donors (Lipinski definition) is 2. The van der Waals surface area contributed by atoms with Crippen LogP contribution in [-0.2, 0) is 0 Å². The van der Waals surface area contributed by atoms with Crippen molar-refractivity contribution in [1.29, 1.82) is 0 Å². The van der Waals surface area contributed by atoms with Gasteiger partial charge >= 0.3 is 0 Å². The molecule has 1 aromatic heterocycles. The van der Waals surface area contributed by atoms with Crippen LogP contribution in [0.1, 0.15) is 33.8 Å². The molecule has 114 valence electrons. The highest BCUT2D eigenvalue weighted by molar-refractivity contribution is 5.97. The lowest BCUT2D eigenvalue weighted by atomic mass is 9.98. The summed E-state index contributed by atoms with van der Waals surface area (Å²) in [5.74, 6) is -0.805. The number of carbonyl (C=O) groups is 2. The predicted molar refractivity (Wildman–Crippen MR) is 73.7 cm³/mol. The fourth-order valence-corrected chi connectivity index (χ4v) is 2.98. The van der Waals surface area contributed by atoms with Crippen molar-refractivity contribution < 1.29 is 19.1 Å². The molecule has 7 nitrogen and oxygen atoms in total. The van der Waals surface area contributed by atoms with Crippen LogP contribution in [0.3, 0.4) is 0 Å². The number of amides is 2. The number of piperidine rings is 1. The molecule has 0 aromatic carbocycles. The van der Waals surface area contributed by atoms with Crippen LogP contribution in [0, 0.1) is 0 Å². The number of β-amino-alcohol motifs (C(OH)–C–C–N with tert-alkyl or cyclic N) is 1. The monoisotopic (exact) mass is 293 g/mol. The number of furan rings is 1. The number of likely N-dealkylation sites (tertiary alicyclic amines) is 2. The quantitative estimate of drug-likeness (QED) is 0.794. The number of rotatable bonds is 3. The molecule has 0 radical (unpaired) electrons. The summed E-state index contributed by atoms with van der Waals surface area (Å²) in [6, 6.07) is 1.84. The second-order valence-corrected chi connectivity index (χ2v) is 5.69. The Labute approximate surface area is 122 Å². The SMILES string of the molecule is NC(=O)c1cc(C(=O)N2CCC(N3CC(O)C3)CC2)co1. The van der Waals surface area contributed by atoms with Gasteiger partial charge in [0.2, 0.25) is 0 Å². The van der Waals surface area contributed by atoms with Crippen molar-refractivity contribution in [2.24, 2.45) is 5.73 Å². The number of carbonyl (C=O) groups excluding carboxylic acids is 2. The van der Waals surface area contributed by atoms with E-state index >= 15 is 0 Å². The molecular weight excluding hydrogens is 274 g/mol. The Balaban J connectivity index is 1.56. The van der Waals surface area contributed by atoms with Crippen LogP contribution in [0.25, 0.3) is 0 Å². The number of nitrogens with zero attached hydrogens (tertiary/aromatic N) is 2. The highest BCUT2D eigenvalue weighted by Crippen LogP contribution is 2.23. The van der Waals surface area contributed by atoms with E-state index in [2.05, 4.69) is 4.90 Å². The second-order valence-electron chi connectivity index (χ2n) is 5.69. The molecule has 0 spiro atoms. The molecule has 0 unspecified atom stereocenters. The van der Waals surface area contributed by atoms with E-state index < -0.39 is 5.91 Å². The van der Waals surface area contributed by atoms with Gasteiger partial charge in [-0.05, 0) is 12.8 Å². The van der Waals surface area contributed by atoms with Crippen molar-refractivity contribution in [2.75, 3.05) is 26.2 Å².